The van der Waals surface area contributed by atoms with Crippen LogP contribution in [-0.4, -0.2) is 42.5 Å². The zero-order valence-electron chi connectivity index (χ0n) is 6.54. The van der Waals surface area contributed by atoms with Crippen LogP contribution >= 0.6 is 12.4 Å². The number of nitrogens with one attached hydrogen (secondary N) is 2. The molecule has 72 valence electrons. The Balaban J connectivity index is 0.00000121. The summed E-state index contributed by atoms with van der Waals surface area (Å²) in [6, 6.07) is 0. The maximum absolute atomic E-state index is 10.1. The van der Waals surface area contributed by atoms with Gasteiger partial charge in [-0.1, -0.05) is 0 Å². The first-order valence-corrected chi connectivity index (χ1v) is 3.47. The summed E-state index contributed by atoms with van der Waals surface area (Å²) in [6.45, 7) is 1.72. The Morgan fingerprint density at radius 2 is 2.17 bits per heavy atom. The lowest BCUT2D eigenvalue weighted by atomic mass is 9.83. The lowest BCUT2D eigenvalue weighted by Crippen LogP contribution is -2.60. The second-order valence-electron chi connectivity index (χ2n) is 2.92. The lowest BCUT2D eigenvalue weighted by Gasteiger charge is -2.40. The monoisotopic (exact) mass is 196 g/mol. The Kier molecular flexibility index (Phi) is 4.30. The minimum atomic E-state index is -1.04. The van der Waals surface area contributed by atoms with Crippen molar-refractivity contribution in [2.75, 3.05) is 26.2 Å². The van der Waals surface area contributed by atoms with Gasteiger partial charge in [0.2, 0.25) is 0 Å². The van der Waals surface area contributed by atoms with Crippen molar-refractivity contribution >= 4 is 18.5 Å². The standard InChI is InChI=1S/C6H12N2O3.ClH/c9-4-6(1-7-2-6)3-8-5(10)11;/h7-9H,1-4H2,(H,10,11);1H. The highest BCUT2D eigenvalue weighted by atomic mass is 35.5. The molecule has 0 bridgehead atoms. The number of hydrogen-bond acceptors (Lipinski definition) is 3. The van der Waals surface area contributed by atoms with Gasteiger partial charge in [0.05, 0.1) is 6.61 Å². The average molecular weight is 197 g/mol. The SMILES string of the molecule is Cl.O=C(O)NCC1(CO)CNC1. The molecule has 0 aliphatic carbocycles. The van der Waals surface area contributed by atoms with Crippen molar-refractivity contribution < 1.29 is 15.0 Å². The van der Waals surface area contributed by atoms with Crippen LogP contribution in [0.1, 0.15) is 0 Å². The van der Waals surface area contributed by atoms with Crippen molar-refractivity contribution in [1.82, 2.24) is 10.6 Å². The van der Waals surface area contributed by atoms with E-state index >= 15 is 0 Å². The molecule has 1 saturated heterocycles. The number of carbonyl (C=O) groups is 1. The van der Waals surface area contributed by atoms with Gasteiger partial charge in [-0.25, -0.2) is 4.79 Å². The second kappa shape index (κ2) is 4.49. The minimum Gasteiger partial charge on any atom is -0.465 e. The van der Waals surface area contributed by atoms with Gasteiger partial charge in [0, 0.05) is 25.0 Å². The number of rotatable bonds is 3. The molecule has 1 aliphatic heterocycles. The molecule has 1 amide bonds. The average Bonchev–Trinajstić information content (AvgIpc) is 1.86. The summed E-state index contributed by atoms with van der Waals surface area (Å²) in [6.07, 6.45) is -1.04. The molecule has 0 aromatic rings. The first-order chi connectivity index (χ1) is 5.18. The molecule has 12 heavy (non-hydrogen) atoms. The van der Waals surface area contributed by atoms with Crippen LogP contribution in [0.3, 0.4) is 0 Å². The molecular formula is C6H13ClN2O3. The largest absolute Gasteiger partial charge is 0.465 e. The van der Waals surface area contributed by atoms with Gasteiger partial charge in [0.25, 0.3) is 0 Å². The van der Waals surface area contributed by atoms with Crippen LogP contribution in [0.5, 0.6) is 0 Å². The van der Waals surface area contributed by atoms with Gasteiger partial charge < -0.3 is 20.8 Å². The van der Waals surface area contributed by atoms with Crippen LogP contribution in [0, 0.1) is 5.41 Å². The van der Waals surface area contributed by atoms with Gasteiger partial charge in [0.1, 0.15) is 0 Å². The van der Waals surface area contributed by atoms with Crippen molar-refractivity contribution in [2.45, 2.75) is 0 Å². The predicted molar refractivity (Wildman–Crippen MR) is 45.7 cm³/mol. The van der Waals surface area contributed by atoms with Crippen LogP contribution < -0.4 is 10.6 Å². The summed E-state index contributed by atoms with van der Waals surface area (Å²) in [7, 11) is 0. The van der Waals surface area contributed by atoms with Gasteiger partial charge in [-0.3, -0.25) is 0 Å². The van der Waals surface area contributed by atoms with E-state index in [0.717, 1.165) is 0 Å². The molecule has 0 aromatic carbocycles. The summed E-state index contributed by atoms with van der Waals surface area (Å²) in [5.74, 6) is 0. The third-order valence-corrected chi connectivity index (χ3v) is 1.95. The zero-order chi connectivity index (χ0) is 8.32. The fourth-order valence-electron chi connectivity index (χ4n) is 1.03. The predicted octanol–water partition coefficient (Wildman–Crippen LogP) is -0.742. The van der Waals surface area contributed by atoms with E-state index < -0.39 is 6.09 Å². The molecular weight excluding hydrogens is 184 g/mol. The lowest BCUT2D eigenvalue weighted by molar-refractivity contribution is 0.0677. The summed E-state index contributed by atoms with van der Waals surface area (Å²) in [5, 5.41) is 22.4. The van der Waals surface area contributed by atoms with Crippen molar-refractivity contribution in [3.05, 3.63) is 0 Å². The fraction of sp³-hybridized carbons (Fsp3) is 0.833. The van der Waals surface area contributed by atoms with E-state index in [9.17, 15) is 4.79 Å². The molecule has 0 aromatic heterocycles. The van der Waals surface area contributed by atoms with E-state index in [1.165, 1.54) is 0 Å². The van der Waals surface area contributed by atoms with E-state index in [0.29, 0.717) is 19.6 Å². The van der Waals surface area contributed by atoms with Crippen molar-refractivity contribution in [2.24, 2.45) is 5.41 Å². The molecule has 1 aliphatic rings. The quantitative estimate of drug-likeness (QED) is 0.479. The van der Waals surface area contributed by atoms with Crippen molar-refractivity contribution in [1.29, 1.82) is 0 Å². The molecule has 0 radical (unpaired) electrons. The summed E-state index contributed by atoms with van der Waals surface area (Å²) in [5.41, 5.74) is -0.252. The van der Waals surface area contributed by atoms with Gasteiger partial charge in [0.15, 0.2) is 0 Å². The van der Waals surface area contributed by atoms with Crippen LogP contribution in [0.15, 0.2) is 0 Å². The number of halogens is 1. The number of amides is 1. The number of hydrogen-bond donors (Lipinski definition) is 4. The molecule has 0 unspecified atom stereocenters. The Hall–Kier alpha value is -0.520. The Morgan fingerprint density at radius 1 is 1.58 bits per heavy atom. The molecule has 4 N–H and O–H groups in total. The molecule has 0 saturated carbocycles. The molecule has 6 heteroatoms. The smallest absolute Gasteiger partial charge is 0.404 e. The number of carboxylic acid groups (broad SMARTS) is 1. The molecule has 0 atom stereocenters. The normalized spacial score (nSPS) is 18.8. The second-order valence-corrected chi connectivity index (χ2v) is 2.92. The first-order valence-electron chi connectivity index (χ1n) is 3.47. The number of aliphatic hydroxyl groups excluding tert-OH is 1. The Labute approximate surface area is 76.6 Å². The highest BCUT2D eigenvalue weighted by Crippen LogP contribution is 2.19. The first kappa shape index (κ1) is 11.5. The van der Waals surface area contributed by atoms with Crippen molar-refractivity contribution in [3.8, 4) is 0 Å². The van der Waals surface area contributed by atoms with Crippen molar-refractivity contribution in [3.63, 3.8) is 0 Å². The topological polar surface area (TPSA) is 81.6 Å². The van der Waals surface area contributed by atoms with Gasteiger partial charge >= 0.3 is 6.09 Å². The molecule has 5 nitrogen and oxygen atoms in total. The third kappa shape index (κ3) is 2.51. The highest BCUT2D eigenvalue weighted by molar-refractivity contribution is 5.85. The van der Waals surface area contributed by atoms with Gasteiger partial charge in [-0.2, -0.15) is 0 Å². The van der Waals surface area contributed by atoms with E-state index in [1.54, 1.807) is 0 Å². The van der Waals surface area contributed by atoms with Gasteiger partial charge in [-0.15, -0.1) is 12.4 Å². The highest BCUT2D eigenvalue weighted by Gasteiger charge is 2.36. The third-order valence-electron chi connectivity index (χ3n) is 1.95. The molecule has 0 spiro atoms. The molecule has 1 heterocycles. The van der Waals surface area contributed by atoms with Crippen LogP contribution in [0.4, 0.5) is 4.79 Å². The fourth-order valence-corrected chi connectivity index (χ4v) is 1.03. The Morgan fingerprint density at radius 3 is 2.42 bits per heavy atom. The molecule has 1 fully saturated rings. The van der Waals surface area contributed by atoms with Crippen LogP contribution in [0.25, 0.3) is 0 Å². The summed E-state index contributed by atoms with van der Waals surface area (Å²) in [4.78, 5) is 10.1. The Bertz CT molecular complexity index is 155. The molecule has 1 rings (SSSR count). The maximum Gasteiger partial charge on any atom is 0.404 e. The summed E-state index contributed by atoms with van der Waals surface area (Å²) < 4.78 is 0. The van der Waals surface area contributed by atoms with Gasteiger partial charge in [-0.05, 0) is 0 Å². The van der Waals surface area contributed by atoms with Crippen LogP contribution in [0.2, 0.25) is 0 Å². The summed E-state index contributed by atoms with van der Waals surface area (Å²) >= 11 is 0. The number of aliphatic hydroxyl groups is 1. The van der Waals surface area contributed by atoms with E-state index in [-0.39, 0.29) is 24.4 Å². The maximum atomic E-state index is 10.1. The van der Waals surface area contributed by atoms with Crippen LogP contribution in [-0.2, 0) is 0 Å². The van der Waals surface area contributed by atoms with E-state index in [1.807, 2.05) is 0 Å². The van der Waals surface area contributed by atoms with E-state index in [2.05, 4.69) is 10.6 Å². The zero-order valence-corrected chi connectivity index (χ0v) is 7.36. The van der Waals surface area contributed by atoms with E-state index in [4.69, 9.17) is 10.2 Å². The minimum absolute atomic E-state index is 0.